The van der Waals surface area contributed by atoms with Crippen molar-refractivity contribution in [2.24, 2.45) is 5.92 Å². The van der Waals surface area contributed by atoms with Crippen molar-refractivity contribution in [3.63, 3.8) is 0 Å². The minimum Gasteiger partial charge on any atom is -0.493 e. The second-order valence-corrected chi connectivity index (χ2v) is 14.4. The van der Waals surface area contributed by atoms with Crippen LogP contribution in [0.25, 0.3) is 11.1 Å². The van der Waals surface area contributed by atoms with Crippen molar-refractivity contribution in [2.45, 2.75) is 65.3 Å². The number of aromatic nitrogens is 1. The van der Waals surface area contributed by atoms with Gasteiger partial charge in [0.05, 0.1) is 23.8 Å². The van der Waals surface area contributed by atoms with Crippen molar-refractivity contribution in [3.8, 4) is 34.4 Å². The Morgan fingerprint density at radius 3 is 2.50 bits per heavy atom. The molecule has 1 aliphatic rings. The number of nitriles is 1. The summed E-state index contributed by atoms with van der Waals surface area (Å²) in [5.41, 5.74) is 5.24. The van der Waals surface area contributed by atoms with Gasteiger partial charge in [-0.3, -0.25) is 15.1 Å². The molecular weight excluding hydrogens is 708 g/mol. The van der Waals surface area contributed by atoms with Crippen molar-refractivity contribution in [2.75, 3.05) is 39.5 Å². The van der Waals surface area contributed by atoms with Crippen LogP contribution >= 0.6 is 11.6 Å². The molecule has 12 heteroatoms. The Labute approximate surface area is 322 Å². The number of carboxylic acids is 1. The third-order valence-corrected chi connectivity index (χ3v) is 10.3. The van der Waals surface area contributed by atoms with Crippen LogP contribution in [0, 0.1) is 31.1 Å². The summed E-state index contributed by atoms with van der Waals surface area (Å²) in [6, 6.07) is 19.3. The largest absolute Gasteiger partial charge is 0.493 e. The maximum Gasteiger partial charge on any atom is 0.326 e. The fraction of sp³-hybridized carbons (Fsp3) is 0.405. The number of nitrogens with one attached hydrogen (secondary N) is 1. The molecule has 3 aromatic carbocycles. The van der Waals surface area contributed by atoms with Gasteiger partial charge >= 0.3 is 5.97 Å². The first-order valence-electron chi connectivity index (χ1n) is 18.2. The van der Waals surface area contributed by atoms with Gasteiger partial charge in [0.2, 0.25) is 0 Å². The highest BCUT2D eigenvalue weighted by atomic mass is 35.5. The van der Waals surface area contributed by atoms with Gasteiger partial charge in [0, 0.05) is 55.8 Å². The molecule has 0 amide bonds. The first-order valence-corrected chi connectivity index (χ1v) is 18.6. The van der Waals surface area contributed by atoms with E-state index >= 15 is 0 Å². The predicted molar refractivity (Wildman–Crippen MR) is 207 cm³/mol. The summed E-state index contributed by atoms with van der Waals surface area (Å²) < 4.78 is 18.7. The molecule has 4 N–H and O–H groups in total. The van der Waals surface area contributed by atoms with E-state index in [1.807, 2.05) is 24.3 Å². The monoisotopic (exact) mass is 756 g/mol. The van der Waals surface area contributed by atoms with E-state index < -0.39 is 18.1 Å². The number of ether oxygens (including phenoxy) is 3. The normalized spacial score (nSPS) is 15.6. The molecule has 1 fully saturated rings. The Morgan fingerprint density at radius 1 is 1.00 bits per heavy atom. The Hall–Kier alpha value is -4.70. The Kier molecular flexibility index (Phi) is 14.3. The fourth-order valence-electron chi connectivity index (χ4n) is 6.56. The van der Waals surface area contributed by atoms with Gasteiger partial charge in [0.25, 0.3) is 0 Å². The molecule has 0 aliphatic carbocycles. The third-order valence-electron chi connectivity index (χ3n) is 10.0. The molecule has 0 bridgehead atoms. The first kappa shape index (κ1) is 40.5. The number of halogens is 1. The molecule has 5 rings (SSSR count). The summed E-state index contributed by atoms with van der Waals surface area (Å²) in [4.78, 5) is 18.3. The van der Waals surface area contributed by atoms with Crippen LogP contribution in [0.3, 0.4) is 0 Å². The van der Waals surface area contributed by atoms with Gasteiger partial charge in [-0.1, -0.05) is 41.9 Å². The summed E-state index contributed by atoms with van der Waals surface area (Å²) in [6.07, 6.45) is 6.20. The number of hydrogen-bond donors (Lipinski definition) is 4. The minimum absolute atomic E-state index is 0.0297. The summed E-state index contributed by atoms with van der Waals surface area (Å²) in [7, 11) is 0. The number of aliphatic hydroxyl groups is 2. The zero-order chi connectivity index (χ0) is 38.7. The lowest BCUT2D eigenvalue weighted by molar-refractivity contribution is -0.145. The zero-order valence-electron chi connectivity index (χ0n) is 31.1. The van der Waals surface area contributed by atoms with Crippen molar-refractivity contribution < 1.29 is 34.3 Å². The molecule has 2 heterocycles. The molecular formula is C42H49ClN4O7. The van der Waals surface area contributed by atoms with Gasteiger partial charge < -0.3 is 34.4 Å². The lowest BCUT2D eigenvalue weighted by atomic mass is 9.93. The fourth-order valence-corrected chi connectivity index (χ4v) is 6.80. The molecule has 54 heavy (non-hydrogen) atoms. The molecule has 1 unspecified atom stereocenters. The second-order valence-electron chi connectivity index (χ2n) is 14.0. The minimum atomic E-state index is -1.59. The smallest absolute Gasteiger partial charge is 0.326 e. The SMILES string of the molecule is Cc1c(COc2cc(OCc3cncc(C#N)c3)c(CN[C@@](C)(CO)C(=O)O)cc2Cl)cccc1-c1cccc(OCCCN2CCCC(CO)C2)c1C. The maximum atomic E-state index is 11.8. The molecule has 1 aliphatic heterocycles. The Balaban J connectivity index is 1.30. The van der Waals surface area contributed by atoms with Crippen LogP contribution in [0.4, 0.5) is 0 Å². The maximum absolute atomic E-state index is 11.8. The van der Waals surface area contributed by atoms with Crippen molar-refractivity contribution >= 4 is 17.6 Å². The van der Waals surface area contributed by atoms with E-state index in [9.17, 15) is 25.4 Å². The van der Waals surface area contributed by atoms with E-state index in [-0.39, 0.29) is 26.4 Å². The molecule has 286 valence electrons. The summed E-state index contributed by atoms with van der Waals surface area (Å²) in [6.45, 7) is 9.08. The molecule has 2 atom stereocenters. The Bertz CT molecular complexity index is 1950. The van der Waals surface area contributed by atoms with Gasteiger partial charge in [0.15, 0.2) is 0 Å². The van der Waals surface area contributed by atoms with E-state index in [4.69, 9.17) is 25.8 Å². The molecule has 0 saturated carbocycles. The number of nitrogens with zero attached hydrogens (tertiary/aromatic N) is 3. The summed E-state index contributed by atoms with van der Waals surface area (Å²) in [5, 5.41) is 41.4. The molecule has 1 aromatic heterocycles. The highest BCUT2D eigenvalue weighted by molar-refractivity contribution is 6.32. The van der Waals surface area contributed by atoms with Crippen LogP contribution < -0.4 is 19.5 Å². The number of rotatable bonds is 18. The number of carboxylic acid groups (broad SMARTS) is 1. The number of aliphatic hydroxyl groups excluding tert-OH is 2. The Morgan fingerprint density at radius 2 is 1.76 bits per heavy atom. The van der Waals surface area contributed by atoms with Gasteiger partial charge in [-0.05, 0) is 98.5 Å². The van der Waals surface area contributed by atoms with E-state index in [0.29, 0.717) is 45.7 Å². The van der Waals surface area contributed by atoms with E-state index in [1.54, 1.807) is 24.4 Å². The first-order chi connectivity index (χ1) is 26.0. The van der Waals surface area contributed by atoms with Crippen LogP contribution in [0.1, 0.15) is 59.6 Å². The number of benzene rings is 3. The number of likely N-dealkylation sites (tertiary alicyclic amines) is 1. The highest BCUT2D eigenvalue weighted by Crippen LogP contribution is 2.36. The molecule has 0 spiro atoms. The lowest BCUT2D eigenvalue weighted by Gasteiger charge is -2.31. The van der Waals surface area contributed by atoms with Gasteiger partial charge in [0.1, 0.15) is 42.1 Å². The van der Waals surface area contributed by atoms with E-state index in [2.05, 4.69) is 47.3 Å². The number of aliphatic carboxylic acids is 1. The average molecular weight is 757 g/mol. The van der Waals surface area contributed by atoms with Gasteiger partial charge in [-0.25, -0.2) is 0 Å². The van der Waals surface area contributed by atoms with Crippen LogP contribution in [-0.2, 0) is 24.6 Å². The van der Waals surface area contributed by atoms with Gasteiger partial charge in [-0.15, -0.1) is 0 Å². The van der Waals surface area contributed by atoms with Crippen LogP contribution in [-0.4, -0.2) is 76.2 Å². The second kappa shape index (κ2) is 19.1. The van der Waals surface area contributed by atoms with Crippen molar-refractivity contribution in [1.82, 2.24) is 15.2 Å². The van der Waals surface area contributed by atoms with Crippen molar-refractivity contribution in [1.29, 1.82) is 5.26 Å². The highest BCUT2D eigenvalue weighted by Gasteiger charge is 2.32. The lowest BCUT2D eigenvalue weighted by Crippen LogP contribution is -2.52. The van der Waals surface area contributed by atoms with E-state index in [1.165, 1.54) is 13.1 Å². The molecule has 4 aromatic rings. The van der Waals surface area contributed by atoms with Crippen molar-refractivity contribution in [3.05, 3.63) is 105 Å². The third kappa shape index (κ3) is 10.3. The standard InChI is InChI=1S/C42H49ClN4O7/c1-28-33(9-4-10-35(28)36-11-5-12-38(29(36)2)52-15-7-14-47-13-6-8-30(23-47)24-48)26-54-40-18-39(53-25-32-16-31(19-44)20-45-21-32)34(17-37(40)43)22-46-42(3,27-49)41(50)51/h4-5,9-12,16-18,20-21,30,46,48-49H,6-8,13-15,22-27H2,1-3H3,(H,50,51)/t30?,42-/m0/s1. The number of carbonyl (C=O) groups is 1. The molecule has 11 nitrogen and oxygen atoms in total. The van der Waals surface area contributed by atoms with Gasteiger partial charge in [-0.2, -0.15) is 5.26 Å². The van der Waals surface area contributed by atoms with Crippen LogP contribution in [0.5, 0.6) is 17.2 Å². The number of hydrogen-bond acceptors (Lipinski definition) is 10. The topological polar surface area (TPSA) is 157 Å². The molecule has 1 saturated heterocycles. The summed E-state index contributed by atoms with van der Waals surface area (Å²) in [5.74, 6) is 0.784. The van der Waals surface area contributed by atoms with Crippen LogP contribution in [0.15, 0.2) is 67.0 Å². The average Bonchev–Trinajstić information content (AvgIpc) is 3.18. The van der Waals surface area contributed by atoms with Crippen LogP contribution in [0.2, 0.25) is 5.02 Å². The number of pyridine rings is 1. The summed E-state index contributed by atoms with van der Waals surface area (Å²) >= 11 is 6.74. The molecule has 0 radical (unpaired) electrons. The zero-order valence-corrected chi connectivity index (χ0v) is 31.9. The van der Waals surface area contributed by atoms with E-state index in [0.717, 1.165) is 72.5 Å². The quantitative estimate of drug-likeness (QED) is 0.0828. The number of piperidine rings is 1. The predicted octanol–water partition coefficient (Wildman–Crippen LogP) is 6.45.